The van der Waals surface area contributed by atoms with E-state index >= 15 is 4.39 Å². The molecule has 0 aromatic carbocycles. The molecule has 3 aliphatic rings. The fraction of sp³-hybridized carbons (Fsp3) is 0.698. The van der Waals surface area contributed by atoms with Gasteiger partial charge in [0.2, 0.25) is 0 Å². The fourth-order valence-electron chi connectivity index (χ4n) is 9.31. The maximum Gasteiger partial charge on any atom is 0.351 e. The highest BCUT2D eigenvalue weighted by Crippen LogP contribution is 2.48. The second-order valence-electron chi connectivity index (χ2n) is 17.6. The molecule has 0 saturated carbocycles. The molecule has 15 atom stereocenters. The number of esters is 2. The van der Waals surface area contributed by atoms with E-state index in [2.05, 4.69) is 15.3 Å². The number of cyclic esters (lactones) is 1. The van der Waals surface area contributed by atoms with Gasteiger partial charge in [-0.3, -0.25) is 19.4 Å². The maximum absolute atomic E-state index is 16.9. The van der Waals surface area contributed by atoms with Gasteiger partial charge in [0.15, 0.2) is 35.4 Å². The molecule has 0 bridgehead atoms. The van der Waals surface area contributed by atoms with E-state index in [1.54, 1.807) is 79.2 Å². The van der Waals surface area contributed by atoms with E-state index in [-0.39, 0.29) is 30.6 Å². The Morgan fingerprint density at radius 1 is 1.11 bits per heavy atom. The summed E-state index contributed by atoms with van der Waals surface area (Å²) in [5.74, 6) is -9.74. The Kier molecular flexibility index (Phi) is 14.5. The fourth-order valence-corrected chi connectivity index (χ4v) is 9.31. The number of fused-ring (bicyclic) bond motifs is 1. The number of likely N-dealkylation sites (N-methyl/N-ethyl adjacent to an activating group) is 1. The molecule has 3 saturated heterocycles. The van der Waals surface area contributed by atoms with E-state index in [0.717, 1.165) is 6.92 Å². The van der Waals surface area contributed by atoms with Crippen LogP contribution in [-0.4, -0.2) is 124 Å². The molecule has 17 nitrogen and oxygen atoms in total. The van der Waals surface area contributed by atoms with E-state index < -0.39 is 101 Å². The third kappa shape index (κ3) is 9.38. The first-order valence-corrected chi connectivity index (χ1v) is 20.8. The number of ketones is 2. The summed E-state index contributed by atoms with van der Waals surface area (Å²) in [6.45, 7) is 13.7. The highest BCUT2D eigenvalue weighted by atomic mass is 19.1. The van der Waals surface area contributed by atoms with Crippen molar-refractivity contribution in [2.75, 3.05) is 21.2 Å². The number of hydrogen-bond acceptors (Lipinski definition) is 16. The quantitative estimate of drug-likeness (QED) is 0.111. The molecule has 0 amide bonds. The summed E-state index contributed by atoms with van der Waals surface area (Å²) in [5, 5.41) is 19.6. The lowest BCUT2D eigenvalue weighted by Gasteiger charge is -2.47. The number of pyridine rings is 1. The van der Waals surface area contributed by atoms with Crippen molar-refractivity contribution in [3.05, 3.63) is 36.2 Å². The number of nitrogens with two attached hydrogens (primary N) is 1. The summed E-state index contributed by atoms with van der Waals surface area (Å²) >= 11 is 0. The Hall–Kier alpha value is -4.36. The smallest absolute Gasteiger partial charge is 0.351 e. The van der Waals surface area contributed by atoms with Crippen molar-refractivity contribution in [2.45, 2.75) is 141 Å². The van der Waals surface area contributed by atoms with Crippen molar-refractivity contribution in [3.8, 4) is 11.5 Å². The molecule has 18 heteroatoms. The Morgan fingerprint density at radius 3 is 2.41 bits per heavy atom. The third-order valence-electron chi connectivity index (χ3n) is 12.9. The van der Waals surface area contributed by atoms with Gasteiger partial charge in [0.05, 0.1) is 17.8 Å². The average molecular weight is 860 g/mol. The molecule has 0 radical (unpaired) electrons. The van der Waals surface area contributed by atoms with Crippen LogP contribution in [0.25, 0.3) is 11.5 Å². The van der Waals surface area contributed by atoms with Crippen molar-refractivity contribution >= 4 is 29.3 Å². The lowest BCUT2D eigenvalue weighted by atomic mass is 9.67. The second-order valence-corrected chi connectivity index (χ2v) is 17.6. The van der Waals surface area contributed by atoms with Gasteiger partial charge in [0.1, 0.15) is 35.3 Å². The van der Waals surface area contributed by atoms with Gasteiger partial charge in [0.25, 0.3) is 5.67 Å². The summed E-state index contributed by atoms with van der Waals surface area (Å²) < 4.78 is 52.8. The Bertz CT molecular complexity index is 1930. The number of nitrogens with zero attached hydrogens (tertiary/aromatic N) is 4. The molecule has 61 heavy (non-hydrogen) atoms. The van der Waals surface area contributed by atoms with E-state index in [1.807, 2.05) is 11.8 Å². The van der Waals surface area contributed by atoms with Gasteiger partial charge in [-0.1, -0.05) is 44.1 Å². The van der Waals surface area contributed by atoms with Crippen LogP contribution in [-0.2, 0) is 47.7 Å². The normalized spacial score (nSPS) is 38.7. The number of ether oxygens (including phenoxy) is 5. The molecule has 2 aromatic heterocycles. The Morgan fingerprint density at radius 2 is 1.80 bits per heavy atom. The van der Waals surface area contributed by atoms with Crippen LogP contribution in [0.4, 0.5) is 4.39 Å². The topological polar surface area (TPSA) is 224 Å². The molecule has 3 fully saturated rings. The molecule has 5 heterocycles. The number of carbonyl (C=O) groups is 4. The van der Waals surface area contributed by atoms with Gasteiger partial charge >= 0.3 is 11.9 Å². The number of aromatic nitrogens is 2. The van der Waals surface area contributed by atoms with Crippen LogP contribution in [0.5, 0.6) is 0 Å². The van der Waals surface area contributed by atoms with Crippen LogP contribution in [0.1, 0.15) is 93.4 Å². The van der Waals surface area contributed by atoms with Crippen LogP contribution >= 0.6 is 0 Å². The summed E-state index contributed by atoms with van der Waals surface area (Å²) in [4.78, 5) is 68.8. The molecule has 338 valence electrons. The van der Waals surface area contributed by atoms with Crippen molar-refractivity contribution in [2.24, 2.45) is 40.5 Å². The molecule has 5 rings (SSSR count). The lowest BCUT2D eigenvalue weighted by Crippen LogP contribution is -2.61. The largest absolute Gasteiger partial charge is 0.455 e. The van der Waals surface area contributed by atoms with Crippen molar-refractivity contribution in [1.29, 1.82) is 0 Å². The number of methoxy groups -OCH3 is 1. The molecule has 2 aromatic rings. The molecule has 0 spiro atoms. The molecular formula is C43H62FN5O12. The number of hydrogen-bond donors (Lipinski definition) is 2. The summed E-state index contributed by atoms with van der Waals surface area (Å²) in [6.07, 6.45) is -4.41. The number of amidine groups is 1. The van der Waals surface area contributed by atoms with E-state index in [0.29, 0.717) is 23.6 Å². The van der Waals surface area contributed by atoms with Gasteiger partial charge in [-0.2, -0.15) is 0 Å². The van der Waals surface area contributed by atoms with Gasteiger partial charge in [-0.05, 0) is 80.1 Å². The standard InChI is InChI=1S/C43H62FN5O12/c1-13-30-43(9)32(31(38(53)59-43)37(45)48-60-25(6)27-19-29(61-47-27)26-16-14-15-17-46-26)23(4)33(50)21(2)20-41(7,55-12)36(24(5)35(52)42(8,44)40(54)57-30)58-39-34(51)28(49(10)11)18-22(3)56-39/h14-17,19,21-25,28,30-32,34,36,39,51H,13,18,20H2,1-12H3,(H2,45,48)/t21-,22-,23-,24+,25+,28+,30+,31-,32+,34-,36-,39?,41-,42+,43-/m1/s1. The SMILES string of the molecule is CC[C@@H]1OC(=O)[C@@](C)(F)C(=O)[C@H](C)[C@@H](OC2O[C@H](C)C[C@H](N(C)C)[C@H]2O)[C@](C)(OC)C[C@@H](C)C(=O)[C@H](C)[C@H]2[C@H](/C(N)=N/O[C@@H](C)c3cc(-c4ccccn4)on3)C(=O)O[C@@]21C. The van der Waals surface area contributed by atoms with E-state index in [1.165, 1.54) is 21.0 Å². The van der Waals surface area contributed by atoms with Crippen LogP contribution in [0.2, 0.25) is 0 Å². The molecular weight excluding hydrogens is 797 g/mol. The number of aliphatic hydroxyl groups is 1. The molecule has 1 unspecified atom stereocenters. The average Bonchev–Trinajstić information content (AvgIpc) is 3.83. The van der Waals surface area contributed by atoms with E-state index in [9.17, 15) is 24.3 Å². The molecule has 3 aliphatic heterocycles. The number of alkyl halides is 1. The van der Waals surface area contributed by atoms with Crippen molar-refractivity contribution < 1.29 is 61.7 Å². The van der Waals surface area contributed by atoms with Crippen LogP contribution in [0.3, 0.4) is 0 Å². The zero-order valence-corrected chi connectivity index (χ0v) is 37.1. The van der Waals surface area contributed by atoms with Gasteiger partial charge in [-0.25, -0.2) is 9.18 Å². The summed E-state index contributed by atoms with van der Waals surface area (Å²) in [7, 11) is 4.97. The number of carbonyl (C=O) groups excluding carboxylic acids is 4. The monoisotopic (exact) mass is 859 g/mol. The number of rotatable bonds is 10. The zero-order chi connectivity index (χ0) is 45.4. The van der Waals surface area contributed by atoms with Crippen molar-refractivity contribution in [3.63, 3.8) is 0 Å². The number of Topliss-reactive ketones (excluding diaryl/α,β-unsaturated/α-hetero) is 2. The molecule has 0 aliphatic carbocycles. The predicted octanol–water partition coefficient (Wildman–Crippen LogP) is 4.35. The first-order valence-electron chi connectivity index (χ1n) is 20.8. The highest BCUT2D eigenvalue weighted by molar-refractivity contribution is 6.08. The first-order chi connectivity index (χ1) is 28.5. The summed E-state index contributed by atoms with van der Waals surface area (Å²) in [5.41, 5.74) is 0.902. The minimum absolute atomic E-state index is 0.0139. The number of oxime groups is 1. The second kappa shape index (κ2) is 18.5. The van der Waals surface area contributed by atoms with Crippen LogP contribution < -0.4 is 5.73 Å². The zero-order valence-electron chi connectivity index (χ0n) is 37.1. The third-order valence-corrected chi connectivity index (χ3v) is 12.9. The highest BCUT2D eigenvalue weighted by Gasteiger charge is 2.63. The minimum Gasteiger partial charge on any atom is -0.455 e. The van der Waals surface area contributed by atoms with E-state index in [4.69, 9.17) is 38.8 Å². The Labute approximate surface area is 356 Å². The van der Waals surface area contributed by atoms with Crippen molar-refractivity contribution in [1.82, 2.24) is 15.0 Å². The van der Waals surface area contributed by atoms with Crippen LogP contribution in [0.15, 0.2) is 40.1 Å². The first kappa shape index (κ1) is 47.7. The maximum atomic E-state index is 16.9. The van der Waals surface area contributed by atoms with Gasteiger partial charge in [-0.15, -0.1) is 0 Å². The predicted molar refractivity (Wildman–Crippen MR) is 217 cm³/mol. The summed E-state index contributed by atoms with van der Waals surface area (Å²) in [6, 6.07) is 6.54. The minimum atomic E-state index is -3.25. The van der Waals surface area contributed by atoms with Crippen LogP contribution in [0, 0.1) is 29.6 Å². The van der Waals surface area contributed by atoms with Gasteiger partial charge < -0.3 is 48.8 Å². The number of halogens is 1. The van der Waals surface area contributed by atoms with Gasteiger partial charge in [0, 0.05) is 49.1 Å². The molecule has 3 N–H and O–H groups in total. The number of aliphatic hydroxyl groups excluding tert-OH is 1. The lowest BCUT2D eigenvalue weighted by molar-refractivity contribution is -0.295. The Balaban J connectivity index is 1.53.